The molecule has 0 saturated heterocycles. The van der Waals surface area contributed by atoms with Crippen LogP contribution in [0.1, 0.15) is 77.7 Å². The summed E-state index contributed by atoms with van der Waals surface area (Å²) in [5, 5.41) is 0. The number of aromatic nitrogens is 1. The molecule has 2 unspecified atom stereocenters. The summed E-state index contributed by atoms with van der Waals surface area (Å²) in [5.74, 6) is 5.76. The predicted octanol–water partition coefficient (Wildman–Crippen LogP) is 6.69. The van der Waals surface area contributed by atoms with Crippen LogP contribution in [0.4, 0.5) is 0 Å². The van der Waals surface area contributed by atoms with E-state index in [0.29, 0.717) is 28.3 Å². The van der Waals surface area contributed by atoms with Crippen LogP contribution in [0.25, 0.3) is 0 Å². The molecule has 0 aromatic carbocycles. The first-order valence-electron chi connectivity index (χ1n) is 13.4. The number of rotatable bonds is 5. The molecule has 10 atom stereocenters. The second kappa shape index (κ2) is 7.20. The molecule has 3 nitrogen and oxygen atoms in total. The Balaban J connectivity index is 1.20. The average molecular weight is 438 g/mol. The van der Waals surface area contributed by atoms with Crippen LogP contribution in [-0.4, -0.2) is 24.8 Å². The molecule has 5 saturated carbocycles. The van der Waals surface area contributed by atoms with Gasteiger partial charge in [-0.2, -0.15) is 0 Å². The van der Waals surface area contributed by atoms with Crippen LogP contribution in [0, 0.1) is 58.7 Å². The summed E-state index contributed by atoms with van der Waals surface area (Å²) in [7, 11) is 2.01. The van der Waals surface area contributed by atoms with E-state index in [2.05, 4.69) is 38.7 Å². The SMILES string of the molecule is COC1C[C@H]2[C@@H]3CC[C@H]([C@H](C)COc4ccc(C)cn4)[C@@]3(C)CC[C@@H]2[C@@]2(C)CCC3C[C@]312. The molecule has 0 bridgehead atoms. The van der Waals surface area contributed by atoms with Gasteiger partial charge in [0.15, 0.2) is 0 Å². The Bertz CT molecular complexity index is 868. The minimum absolute atomic E-state index is 0.464. The van der Waals surface area contributed by atoms with Gasteiger partial charge in [0.1, 0.15) is 0 Å². The molecular weight excluding hydrogens is 394 g/mol. The zero-order chi connectivity index (χ0) is 22.3. The quantitative estimate of drug-likeness (QED) is 0.514. The number of fused-ring (bicyclic) bond motifs is 4. The first-order chi connectivity index (χ1) is 15.3. The lowest BCUT2D eigenvalue weighted by Gasteiger charge is -2.61. The highest BCUT2D eigenvalue weighted by atomic mass is 16.5. The largest absolute Gasteiger partial charge is 0.477 e. The fourth-order valence-electron chi connectivity index (χ4n) is 10.4. The van der Waals surface area contributed by atoms with Gasteiger partial charge in [-0.3, -0.25) is 0 Å². The van der Waals surface area contributed by atoms with Crippen LogP contribution >= 0.6 is 0 Å². The van der Waals surface area contributed by atoms with E-state index in [0.717, 1.165) is 42.1 Å². The van der Waals surface area contributed by atoms with Crippen LogP contribution < -0.4 is 4.74 Å². The van der Waals surface area contributed by atoms with Crippen molar-refractivity contribution < 1.29 is 9.47 Å². The van der Waals surface area contributed by atoms with E-state index in [1.54, 1.807) is 0 Å². The summed E-state index contributed by atoms with van der Waals surface area (Å²) >= 11 is 0. The Labute approximate surface area is 195 Å². The maximum atomic E-state index is 6.29. The molecule has 1 aromatic heterocycles. The van der Waals surface area contributed by atoms with Crippen LogP contribution in [-0.2, 0) is 4.74 Å². The topological polar surface area (TPSA) is 31.4 Å². The van der Waals surface area contributed by atoms with Gasteiger partial charge in [-0.05, 0) is 110 Å². The second-order valence-electron chi connectivity index (χ2n) is 12.9. The fourth-order valence-corrected chi connectivity index (χ4v) is 10.4. The number of methoxy groups -OCH3 is 1. The van der Waals surface area contributed by atoms with Crippen molar-refractivity contribution in [3.05, 3.63) is 23.9 Å². The third kappa shape index (κ3) is 2.72. The third-order valence-corrected chi connectivity index (χ3v) is 12.0. The summed E-state index contributed by atoms with van der Waals surface area (Å²) in [5.41, 5.74) is 2.72. The third-order valence-electron chi connectivity index (χ3n) is 12.0. The lowest BCUT2D eigenvalue weighted by molar-refractivity contribution is -0.161. The highest BCUT2D eigenvalue weighted by Crippen LogP contribution is 2.82. The Morgan fingerprint density at radius 2 is 1.94 bits per heavy atom. The van der Waals surface area contributed by atoms with Crippen LogP contribution in [0.2, 0.25) is 0 Å². The van der Waals surface area contributed by atoms with Gasteiger partial charge in [0.25, 0.3) is 0 Å². The van der Waals surface area contributed by atoms with Gasteiger partial charge in [-0.15, -0.1) is 0 Å². The highest BCUT2D eigenvalue weighted by molar-refractivity contribution is 5.26. The van der Waals surface area contributed by atoms with Gasteiger partial charge in [-0.25, -0.2) is 4.98 Å². The van der Waals surface area contributed by atoms with E-state index in [9.17, 15) is 0 Å². The molecule has 0 amide bonds. The standard InChI is InChI=1S/C29H43NO2/c1-18-6-9-26(30-16-18)32-17-19(2)22-7-8-23-21-14-25(31-5)29-15-20(29)10-13-28(29,4)24(21)11-12-27(22,23)3/h6,9,16,19-25H,7-8,10-15,17H2,1-5H3/t19-,20?,21+,22-,23+,24+,25?,27-,28-,29+/m1/s1. The van der Waals surface area contributed by atoms with Gasteiger partial charge in [-0.1, -0.05) is 26.8 Å². The molecule has 5 aliphatic rings. The number of hydrogen-bond acceptors (Lipinski definition) is 3. The first-order valence-corrected chi connectivity index (χ1v) is 13.4. The van der Waals surface area contributed by atoms with E-state index < -0.39 is 0 Å². The number of pyridine rings is 1. The maximum Gasteiger partial charge on any atom is 0.213 e. The number of hydrogen-bond donors (Lipinski definition) is 0. The zero-order valence-electron chi connectivity index (χ0n) is 20.9. The normalized spacial score (nSPS) is 49.5. The number of nitrogens with zero attached hydrogens (tertiary/aromatic N) is 1. The van der Waals surface area contributed by atoms with Crippen molar-refractivity contribution in [2.45, 2.75) is 85.2 Å². The van der Waals surface area contributed by atoms with Gasteiger partial charge in [0.05, 0.1) is 12.7 Å². The van der Waals surface area contributed by atoms with Crippen LogP contribution in [0.15, 0.2) is 18.3 Å². The molecule has 0 N–H and O–H groups in total. The van der Waals surface area contributed by atoms with Crippen LogP contribution in [0.3, 0.4) is 0 Å². The second-order valence-corrected chi connectivity index (χ2v) is 12.9. The smallest absolute Gasteiger partial charge is 0.213 e. The minimum atomic E-state index is 0.464. The molecule has 5 fully saturated rings. The monoisotopic (exact) mass is 437 g/mol. The Hall–Kier alpha value is -1.09. The molecular formula is C29H43NO2. The van der Waals surface area contributed by atoms with Gasteiger partial charge < -0.3 is 9.47 Å². The molecule has 3 heteroatoms. The van der Waals surface area contributed by atoms with E-state index in [-0.39, 0.29) is 0 Å². The summed E-state index contributed by atoms with van der Waals surface area (Å²) in [4.78, 5) is 4.46. The Kier molecular flexibility index (Phi) is 4.83. The van der Waals surface area contributed by atoms with Crippen molar-refractivity contribution in [1.82, 2.24) is 4.98 Å². The summed E-state index contributed by atoms with van der Waals surface area (Å²) in [6, 6.07) is 4.11. The van der Waals surface area contributed by atoms with E-state index in [1.165, 1.54) is 56.9 Å². The summed E-state index contributed by atoms with van der Waals surface area (Å²) in [6.07, 6.45) is 13.8. The van der Waals surface area contributed by atoms with Crippen molar-refractivity contribution in [2.24, 2.45) is 51.8 Å². The first kappa shape index (κ1) is 21.4. The van der Waals surface area contributed by atoms with Gasteiger partial charge in [0, 0.05) is 24.8 Å². The summed E-state index contributed by atoms with van der Waals surface area (Å²) in [6.45, 7) is 10.6. The zero-order valence-corrected chi connectivity index (χ0v) is 20.9. The molecule has 0 aliphatic heterocycles. The van der Waals surface area contributed by atoms with Gasteiger partial charge in [0.2, 0.25) is 5.88 Å². The minimum Gasteiger partial charge on any atom is -0.477 e. The van der Waals surface area contributed by atoms with Crippen molar-refractivity contribution in [3.63, 3.8) is 0 Å². The molecule has 1 aromatic rings. The van der Waals surface area contributed by atoms with E-state index >= 15 is 0 Å². The van der Waals surface area contributed by atoms with Crippen LogP contribution in [0.5, 0.6) is 5.88 Å². The Morgan fingerprint density at radius 1 is 1.09 bits per heavy atom. The molecule has 1 heterocycles. The molecule has 0 radical (unpaired) electrons. The molecule has 176 valence electrons. The number of ether oxygens (including phenoxy) is 2. The lowest BCUT2D eigenvalue weighted by atomic mass is 9.45. The number of aryl methyl sites for hydroxylation is 1. The lowest BCUT2D eigenvalue weighted by Crippen LogP contribution is -2.57. The van der Waals surface area contributed by atoms with Crippen molar-refractivity contribution in [3.8, 4) is 5.88 Å². The van der Waals surface area contributed by atoms with E-state index in [1.807, 2.05) is 19.4 Å². The molecule has 32 heavy (non-hydrogen) atoms. The van der Waals surface area contributed by atoms with Crippen molar-refractivity contribution >= 4 is 0 Å². The average Bonchev–Trinajstić information content (AvgIpc) is 3.29. The Morgan fingerprint density at radius 3 is 2.66 bits per heavy atom. The van der Waals surface area contributed by atoms with Gasteiger partial charge >= 0.3 is 0 Å². The van der Waals surface area contributed by atoms with Crippen molar-refractivity contribution in [1.29, 1.82) is 0 Å². The molecule has 1 spiro atoms. The molecule has 6 rings (SSSR count). The fraction of sp³-hybridized carbons (Fsp3) is 0.828. The van der Waals surface area contributed by atoms with E-state index in [4.69, 9.17) is 9.47 Å². The van der Waals surface area contributed by atoms with Crippen molar-refractivity contribution in [2.75, 3.05) is 13.7 Å². The maximum absolute atomic E-state index is 6.29. The molecule has 5 aliphatic carbocycles. The highest BCUT2D eigenvalue weighted by Gasteiger charge is 2.77. The summed E-state index contributed by atoms with van der Waals surface area (Å²) < 4.78 is 12.5. The predicted molar refractivity (Wildman–Crippen MR) is 127 cm³/mol.